The van der Waals surface area contributed by atoms with Crippen molar-refractivity contribution in [3.8, 4) is 0 Å². The summed E-state index contributed by atoms with van der Waals surface area (Å²) in [6.07, 6.45) is 0. The van der Waals surface area contributed by atoms with E-state index in [0.29, 0.717) is 13.1 Å². The number of hydrogen-bond donors (Lipinski definition) is 0. The van der Waals surface area contributed by atoms with Crippen molar-refractivity contribution in [2.45, 2.75) is 27.3 Å². The molecule has 0 aliphatic rings. The van der Waals surface area contributed by atoms with Crippen LogP contribution in [0.5, 0.6) is 0 Å². The van der Waals surface area contributed by atoms with E-state index in [1.807, 2.05) is 30.3 Å². The van der Waals surface area contributed by atoms with Crippen molar-refractivity contribution in [1.82, 2.24) is 4.90 Å². The van der Waals surface area contributed by atoms with E-state index < -0.39 is 5.37 Å². The molecule has 1 rings (SSSR count). The molecule has 0 aliphatic carbocycles. The maximum absolute atomic E-state index is 11.3. The molecule has 1 amide bonds. The Morgan fingerprint density at radius 2 is 1.81 bits per heavy atom. The van der Waals surface area contributed by atoms with Crippen LogP contribution in [0.4, 0.5) is 4.79 Å². The zero-order chi connectivity index (χ0) is 12.2. The molecule has 0 N–H and O–H groups in total. The quantitative estimate of drug-likeness (QED) is 0.579. The van der Waals surface area contributed by atoms with Gasteiger partial charge in [-0.15, -0.1) is 0 Å². The van der Waals surface area contributed by atoms with Crippen molar-refractivity contribution in [3.05, 3.63) is 35.9 Å². The van der Waals surface area contributed by atoms with Crippen molar-refractivity contribution in [2.75, 3.05) is 6.54 Å². The third kappa shape index (κ3) is 4.67. The molecule has 88 valence electrons. The first kappa shape index (κ1) is 13.0. The predicted octanol–water partition coefficient (Wildman–Crippen LogP) is 3.89. The highest BCUT2D eigenvalue weighted by atomic mass is 35.5. The summed E-state index contributed by atoms with van der Waals surface area (Å²) < 4.78 is 0. The van der Waals surface area contributed by atoms with Gasteiger partial charge in [0, 0.05) is 13.1 Å². The van der Waals surface area contributed by atoms with Crippen LogP contribution in [-0.4, -0.2) is 16.8 Å². The average molecular weight is 240 g/mol. The van der Waals surface area contributed by atoms with E-state index in [4.69, 9.17) is 11.6 Å². The Morgan fingerprint density at radius 3 is 2.25 bits per heavy atom. The van der Waals surface area contributed by atoms with Crippen molar-refractivity contribution in [2.24, 2.45) is 5.41 Å². The minimum absolute atomic E-state index is 0.0549. The van der Waals surface area contributed by atoms with Gasteiger partial charge in [0.25, 0.3) is 0 Å². The lowest BCUT2D eigenvalue weighted by Crippen LogP contribution is -2.34. The van der Waals surface area contributed by atoms with Gasteiger partial charge in [0.2, 0.25) is 0 Å². The molecule has 3 heteroatoms. The maximum Gasteiger partial charge on any atom is 0.316 e. The van der Waals surface area contributed by atoms with Crippen molar-refractivity contribution >= 4 is 17.0 Å². The van der Waals surface area contributed by atoms with Gasteiger partial charge in [0.1, 0.15) is 0 Å². The van der Waals surface area contributed by atoms with E-state index in [9.17, 15) is 4.79 Å². The SMILES string of the molecule is CC(C)(C)CN(Cc1ccccc1)C(=O)Cl. The second-order valence-electron chi connectivity index (χ2n) is 5.16. The monoisotopic (exact) mass is 239 g/mol. The second kappa shape index (κ2) is 5.35. The molecule has 0 aliphatic heterocycles. The van der Waals surface area contributed by atoms with Gasteiger partial charge in [0.15, 0.2) is 0 Å². The Balaban J connectivity index is 2.70. The van der Waals surface area contributed by atoms with Crippen molar-refractivity contribution < 1.29 is 4.79 Å². The van der Waals surface area contributed by atoms with E-state index in [2.05, 4.69) is 20.8 Å². The molecule has 16 heavy (non-hydrogen) atoms. The number of carbonyl (C=O) groups is 1. The molecular formula is C13H18ClNO. The number of carbonyl (C=O) groups excluding carboxylic acids is 1. The van der Waals surface area contributed by atoms with Gasteiger partial charge >= 0.3 is 5.37 Å². The summed E-state index contributed by atoms with van der Waals surface area (Å²) in [7, 11) is 0. The highest BCUT2D eigenvalue weighted by Crippen LogP contribution is 2.18. The van der Waals surface area contributed by atoms with E-state index in [1.165, 1.54) is 0 Å². The minimum Gasteiger partial charge on any atom is -0.324 e. The standard InChI is InChI=1S/C13H18ClNO/c1-13(2,3)10-15(12(14)16)9-11-7-5-4-6-8-11/h4-8H,9-10H2,1-3H3. The van der Waals surface area contributed by atoms with Crippen molar-refractivity contribution in [3.63, 3.8) is 0 Å². The van der Waals surface area contributed by atoms with Gasteiger partial charge in [-0.2, -0.15) is 0 Å². The number of hydrogen-bond acceptors (Lipinski definition) is 1. The molecule has 0 saturated heterocycles. The molecular weight excluding hydrogens is 222 g/mol. The van der Waals surface area contributed by atoms with Gasteiger partial charge in [-0.05, 0) is 22.6 Å². The molecule has 2 nitrogen and oxygen atoms in total. The summed E-state index contributed by atoms with van der Waals surface area (Å²) in [5.74, 6) is 0. The summed E-state index contributed by atoms with van der Waals surface area (Å²) in [4.78, 5) is 13.0. The summed E-state index contributed by atoms with van der Waals surface area (Å²) in [6.45, 7) is 7.49. The first-order chi connectivity index (χ1) is 7.38. The largest absolute Gasteiger partial charge is 0.324 e. The molecule has 0 fully saturated rings. The van der Waals surface area contributed by atoms with Crippen LogP contribution in [0.1, 0.15) is 26.3 Å². The molecule has 0 atom stereocenters. The fourth-order valence-corrected chi connectivity index (χ4v) is 1.68. The van der Waals surface area contributed by atoms with Gasteiger partial charge in [-0.3, -0.25) is 4.79 Å². The summed E-state index contributed by atoms with van der Waals surface area (Å²) >= 11 is 5.59. The highest BCUT2D eigenvalue weighted by molar-refractivity contribution is 6.62. The van der Waals surface area contributed by atoms with E-state index >= 15 is 0 Å². The third-order valence-electron chi connectivity index (χ3n) is 2.13. The summed E-state index contributed by atoms with van der Waals surface area (Å²) in [5, 5.41) is -0.390. The van der Waals surface area contributed by atoms with Gasteiger partial charge in [-0.25, -0.2) is 0 Å². The molecule has 0 aromatic heterocycles. The lowest BCUT2D eigenvalue weighted by Gasteiger charge is -2.28. The smallest absolute Gasteiger partial charge is 0.316 e. The zero-order valence-corrected chi connectivity index (χ0v) is 10.8. The van der Waals surface area contributed by atoms with Crippen molar-refractivity contribution in [1.29, 1.82) is 0 Å². The molecule has 0 heterocycles. The lowest BCUT2D eigenvalue weighted by atomic mass is 9.96. The van der Waals surface area contributed by atoms with E-state index in [-0.39, 0.29) is 5.41 Å². The van der Waals surface area contributed by atoms with Gasteiger partial charge in [0.05, 0.1) is 0 Å². The molecule has 0 unspecified atom stereocenters. The van der Waals surface area contributed by atoms with Gasteiger partial charge in [-0.1, -0.05) is 51.1 Å². The number of amides is 1. The Bertz CT molecular complexity index is 343. The van der Waals surface area contributed by atoms with Crippen LogP contribution in [0, 0.1) is 5.41 Å². The molecule has 1 aromatic rings. The lowest BCUT2D eigenvalue weighted by molar-refractivity contribution is 0.191. The number of halogens is 1. The first-order valence-electron chi connectivity index (χ1n) is 5.37. The van der Waals surface area contributed by atoms with Crippen LogP contribution >= 0.6 is 11.6 Å². The van der Waals surface area contributed by atoms with Crippen LogP contribution in [-0.2, 0) is 6.54 Å². The zero-order valence-electron chi connectivity index (χ0n) is 10.0. The topological polar surface area (TPSA) is 20.3 Å². The second-order valence-corrected chi connectivity index (χ2v) is 5.48. The third-order valence-corrected chi connectivity index (χ3v) is 2.37. The predicted molar refractivity (Wildman–Crippen MR) is 67.6 cm³/mol. The average Bonchev–Trinajstić information content (AvgIpc) is 2.16. The summed E-state index contributed by atoms with van der Waals surface area (Å²) in [5.41, 5.74) is 1.15. The maximum atomic E-state index is 11.3. The molecule has 0 spiro atoms. The Kier molecular flexibility index (Phi) is 4.36. The number of nitrogens with zero attached hydrogens (tertiary/aromatic N) is 1. The molecule has 1 aromatic carbocycles. The van der Waals surface area contributed by atoms with Crippen LogP contribution in [0.15, 0.2) is 30.3 Å². The fourth-order valence-electron chi connectivity index (χ4n) is 1.56. The Hall–Kier alpha value is -1.02. The Labute approximate surface area is 102 Å². The van der Waals surface area contributed by atoms with Gasteiger partial charge < -0.3 is 4.90 Å². The Morgan fingerprint density at radius 1 is 1.25 bits per heavy atom. The number of benzene rings is 1. The van der Waals surface area contributed by atoms with Crippen LogP contribution in [0.3, 0.4) is 0 Å². The summed E-state index contributed by atoms with van der Waals surface area (Å²) in [6, 6.07) is 9.87. The number of rotatable bonds is 3. The highest BCUT2D eigenvalue weighted by Gasteiger charge is 2.19. The van der Waals surface area contributed by atoms with E-state index in [1.54, 1.807) is 4.90 Å². The molecule has 0 bridgehead atoms. The van der Waals surface area contributed by atoms with Crippen LogP contribution in [0.2, 0.25) is 0 Å². The normalized spacial score (nSPS) is 11.2. The van der Waals surface area contributed by atoms with Crippen LogP contribution in [0.25, 0.3) is 0 Å². The van der Waals surface area contributed by atoms with E-state index in [0.717, 1.165) is 5.56 Å². The van der Waals surface area contributed by atoms with Crippen LogP contribution < -0.4 is 0 Å². The molecule has 0 saturated carbocycles. The first-order valence-corrected chi connectivity index (χ1v) is 5.74. The fraction of sp³-hybridized carbons (Fsp3) is 0.462. The minimum atomic E-state index is -0.390. The molecule has 0 radical (unpaired) electrons.